The van der Waals surface area contributed by atoms with E-state index < -0.39 is 0 Å². The molecule has 1 heterocycles. The molecule has 20 heavy (non-hydrogen) atoms. The number of anilines is 1. The molecule has 1 aliphatic carbocycles. The van der Waals surface area contributed by atoms with Crippen LogP contribution in [0.25, 0.3) is 0 Å². The number of rotatable bonds is 4. The molecule has 1 fully saturated rings. The van der Waals surface area contributed by atoms with Gasteiger partial charge in [0.1, 0.15) is 5.82 Å². The molecule has 1 aromatic heterocycles. The lowest BCUT2D eigenvalue weighted by atomic mass is 9.85. The Labute approximate surface area is 119 Å². The molecule has 1 saturated carbocycles. The van der Waals surface area contributed by atoms with E-state index in [0.29, 0.717) is 5.82 Å². The summed E-state index contributed by atoms with van der Waals surface area (Å²) >= 11 is 0. The maximum Gasteiger partial charge on any atom is 0.320 e. The first kappa shape index (κ1) is 14.8. The van der Waals surface area contributed by atoms with Gasteiger partial charge in [0.15, 0.2) is 0 Å². The van der Waals surface area contributed by atoms with Gasteiger partial charge in [-0.2, -0.15) is 5.10 Å². The van der Waals surface area contributed by atoms with Crippen LogP contribution in [0.4, 0.5) is 10.6 Å². The van der Waals surface area contributed by atoms with Crippen molar-refractivity contribution in [1.82, 2.24) is 15.1 Å². The molecule has 0 aromatic carbocycles. The van der Waals surface area contributed by atoms with Crippen molar-refractivity contribution in [3.05, 3.63) is 11.8 Å². The summed E-state index contributed by atoms with van der Waals surface area (Å²) in [7, 11) is 1.81. The highest BCUT2D eigenvalue weighted by molar-refractivity contribution is 5.88. The molecule has 3 N–H and O–H groups in total. The van der Waals surface area contributed by atoms with Gasteiger partial charge < -0.3 is 10.4 Å². The van der Waals surface area contributed by atoms with Crippen LogP contribution in [0.3, 0.4) is 0 Å². The Kier molecular flexibility index (Phi) is 5.00. The van der Waals surface area contributed by atoms with E-state index in [1.165, 1.54) is 0 Å². The van der Waals surface area contributed by atoms with Gasteiger partial charge in [-0.15, -0.1) is 0 Å². The Bertz CT molecular complexity index is 458. The van der Waals surface area contributed by atoms with Crippen molar-refractivity contribution >= 4 is 11.8 Å². The highest BCUT2D eigenvalue weighted by Crippen LogP contribution is 2.24. The van der Waals surface area contributed by atoms with Crippen LogP contribution in [-0.4, -0.2) is 33.6 Å². The number of nitrogens with zero attached hydrogens (tertiary/aromatic N) is 2. The molecule has 0 spiro atoms. The van der Waals surface area contributed by atoms with E-state index in [-0.39, 0.29) is 24.6 Å². The summed E-state index contributed by atoms with van der Waals surface area (Å²) in [6.45, 7) is 2.16. The van der Waals surface area contributed by atoms with Gasteiger partial charge in [0.25, 0.3) is 0 Å². The minimum absolute atomic E-state index is 0.0626. The molecule has 0 aliphatic heterocycles. The SMILES string of the molecule is CCc1cc(NC(=O)NC2CCCCC2CO)n(C)n1. The summed E-state index contributed by atoms with van der Waals surface area (Å²) in [4.78, 5) is 12.0. The maximum atomic E-state index is 12.0. The second-order valence-electron chi connectivity index (χ2n) is 5.43. The number of aliphatic hydroxyl groups is 1. The lowest BCUT2D eigenvalue weighted by molar-refractivity contribution is 0.156. The number of aliphatic hydroxyl groups excluding tert-OH is 1. The van der Waals surface area contributed by atoms with Gasteiger partial charge in [-0.3, -0.25) is 10.00 Å². The van der Waals surface area contributed by atoms with Crippen LogP contribution in [0.5, 0.6) is 0 Å². The normalized spacial score (nSPS) is 22.6. The van der Waals surface area contributed by atoms with E-state index in [2.05, 4.69) is 15.7 Å². The number of carbonyl (C=O) groups is 1. The summed E-state index contributed by atoms with van der Waals surface area (Å²) in [5.41, 5.74) is 0.953. The number of nitrogens with one attached hydrogen (secondary N) is 2. The second kappa shape index (κ2) is 6.74. The van der Waals surface area contributed by atoms with E-state index in [4.69, 9.17) is 0 Å². The lowest BCUT2D eigenvalue weighted by Crippen LogP contribution is -2.45. The summed E-state index contributed by atoms with van der Waals surface area (Å²) in [6, 6.07) is 1.72. The van der Waals surface area contributed by atoms with Crippen LogP contribution >= 0.6 is 0 Å². The first-order valence-electron chi connectivity index (χ1n) is 7.35. The van der Waals surface area contributed by atoms with Gasteiger partial charge in [-0.1, -0.05) is 19.8 Å². The van der Waals surface area contributed by atoms with Crippen LogP contribution in [-0.2, 0) is 13.5 Å². The number of hydrogen-bond acceptors (Lipinski definition) is 3. The van der Waals surface area contributed by atoms with Gasteiger partial charge >= 0.3 is 6.03 Å². The molecule has 112 valence electrons. The number of hydrogen-bond donors (Lipinski definition) is 3. The molecule has 6 nitrogen and oxygen atoms in total. The minimum Gasteiger partial charge on any atom is -0.396 e. The second-order valence-corrected chi connectivity index (χ2v) is 5.43. The molecule has 2 unspecified atom stereocenters. The maximum absolute atomic E-state index is 12.0. The van der Waals surface area contributed by atoms with Crippen molar-refractivity contribution in [1.29, 1.82) is 0 Å². The first-order valence-corrected chi connectivity index (χ1v) is 7.35. The number of urea groups is 1. The van der Waals surface area contributed by atoms with Crippen molar-refractivity contribution in [2.24, 2.45) is 13.0 Å². The van der Waals surface area contributed by atoms with Crippen LogP contribution in [0.2, 0.25) is 0 Å². The van der Waals surface area contributed by atoms with Crippen LogP contribution in [0.15, 0.2) is 6.07 Å². The largest absolute Gasteiger partial charge is 0.396 e. The Morgan fingerprint density at radius 1 is 1.50 bits per heavy atom. The van der Waals surface area contributed by atoms with Gasteiger partial charge in [0.2, 0.25) is 0 Å². The highest BCUT2D eigenvalue weighted by atomic mass is 16.3. The van der Waals surface area contributed by atoms with Crippen molar-refractivity contribution in [3.8, 4) is 0 Å². The summed E-state index contributed by atoms with van der Waals surface area (Å²) in [6.07, 6.45) is 4.99. The Morgan fingerprint density at radius 3 is 2.90 bits per heavy atom. The van der Waals surface area contributed by atoms with Crippen molar-refractivity contribution in [2.45, 2.75) is 45.1 Å². The minimum atomic E-state index is -0.221. The molecular formula is C14H24N4O2. The molecule has 0 radical (unpaired) electrons. The summed E-state index contributed by atoms with van der Waals surface area (Å²) in [5, 5.41) is 19.4. The average Bonchev–Trinajstić information content (AvgIpc) is 2.80. The third kappa shape index (κ3) is 3.50. The lowest BCUT2D eigenvalue weighted by Gasteiger charge is -2.30. The third-order valence-electron chi connectivity index (χ3n) is 3.99. The smallest absolute Gasteiger partial charge is 0.320 e. The van der Waals surface area contributed by atoms with E-state index in [1.807, 2.05) is 20.0 Å². The molecule has 0 bridgehead atoms. The topological polar surface area (TPSA) is 79.2 Å². The molecular weight excluding hydrogens is 256 g/mol. The van der Waals surface area contributed by atoms with Gasteiger partial charge in [0, 0.05) is 31.7 Å². The number of amides is 2. The third-order valence-corrected chi connectivity index (χ3v) is 3.99. The Morgan fingerprint density at radius 2 is 2.25 bits per heavy atom. The standard InChI is InChI=1S/C14H24N4O2/c1-3-11-8-13(18(2)17-11)16-14(20)15-12-7-5-4-6-10(12)9-19/h8,10,12,19H,3-7,9H2,1-2H3,(H2,15,16,20). The average molecular weight is 280 g/mol. The van der Waals surface area contributed by atoms with Crippen molar-refractivity contribution in [3.63, 3.8) is 0 Å². The summed E-state index contributed by atoms with van der Waals surface area (Å²) < 4.78 is 1.67. The fraction of sp³-hybridized carbons (Fsp3) is 0.714. The monoisotopic (exact) mass is 280 g/mol. The highest BCUT2D eigenvalue weighted by Gasteiger charge is 2.26. The zero-order chi connectivity index (χ0) is 14.5. The molecule has 1 aliphatic rings. The molecule has 2 atom stereocenters. The Balaban J connectivity index is 1.92. The molecule has 0 saturated heterocycles. The van der Waals surface area contributed by atoms with Crippen LogP contribution < -0.4 is 10.6 Å². The Hall–Kier alpha value is -1.56. The van der Waals surface area contributed by atoms with E-state index >= 15 is 0 Å². The van der Waals surface area contributed by atoms with Crippen LogP contribution in [0, 0.1) is 5.92 Å². The number of carbonyl (C=O) groups excluding carboxylic acids is 1. The van der Waals surface area contributed by atoms with E-state index in [9.17, 15) is 9.90 Å². The zero-order valence-electron chi connectivity index (χ0n) is 12.2. The molecule has 1 aromatic rings. The first-order chi connectivity index (χ1) is 9.63. The van der Waals surface area contributed by atoms with Crippen molar-refractivity contribution < 1.29 is 9.90 Å². The van der Waals surface area contributed by atoms with E-state index in [0.717, 1.165) is 37.8 Å². The molecule has 2 rings (SSSR count). The molecule has 2 amide bonds. The summed E-state index contributed by atoms with van der Waals surface area (Å²) in [5.74, 6) is 0.864. The predicted molar refractivity (Wildman–Crippen MR) is 77.6 cm³/mol. The van der Waals surface area contributed by atoms with Crippen molar-refractivity contribution in [2.75, 3.05) is 11.9 Å². The van der Waals surface area contributed by atoms with Crippen LogP contribution in [0.1, 0.15) is 38.3 Å². The molecule has 6 heteroatoms. The fourth-order valence-electron chi connectivity index (χ4n) is 2.75. The van der Waals surface area contributed by atoms with Gasteiger partial charge in [0.05, 0.1) is 5.69 Å². The van der Waals surface area contributed by atoms with Gasteiger partial charge in [-0.05, 0) is 19.3 Å². The predicted octanol–water partition coefficient (Wildman–Crippen LogP) is 1.66. The fourth-order valence-corrected chi connectivity index (χ4v) is 2.75. The quantitative estimate of drug-likeness (QED) is 0.784. The number of aromatic nitrogens is 2. The van der Waals surface area contributed by atoms with Gasteiger partial charge in [-0.25, -0.2) is 4.79 Å². The zero-order valence-corrected chi connectivity index (χ0v) is 12.2. The van der Waals surface area contributed by atoms with E-state index in [1.54, 1.807) is 4.68 Å². The number of aryl methyl sites for hydroxylation is 2.